The third-order valence-corrected chi connectivity index (χ3v) is 5.83. The fourth-order valence-electron chi connectivity index (χ4n) is 3.92. The molecule has 1 heterocycles. The van der Waals surface area contributed by atoms with Gasteiger partial charge < -0.3 is 10.4 Å². The van der Waals surface area contributed by atoms with E-state index in [1.54, 1.807) is 25.1 Å². The van der Waals surface area contributed by atoms with E-state index in [0.29, 0.717) is 33.6 Å². The molecule has 6 nitrogen and oxygen atoms in total. The zero-order chi connectivity index (χ0) is 21.0. The summed E-state index contributed by atoms with van der Waals surface area (Å²) in [4.78, 5) is 30.5. The second-order valence-corrected chi connectivity index (χ2v) is 8.34. The summed E-state index contributed by atoms with van der Waals surface area (Å²) in [5.74, 6) is 0.905. The van der Waals surface area contributed by atoms with Crippen molar-refractivity contribution in [2.45, 2.75) is 58.5 Å². The van der Waals surface area contributed by atoms with Crippen LogP contribution in [0.15, 0.2) is 29.1 Å². The highest BCUT2D eigenvalue weighted by Gasteiger charge is 2.22. The lowest BCUT2D eigenvalue weighted by atomic mass is 9.87. The molecule has 0 saturated heterocycles. The molecule has 2 N–H and O–H groups in total. The van der Waals surface area contributed by atoms with Crippen LogP contribution >= 0.6 is 11.6 Å². The van der Waals surface area contributed by atoms with E-state index in [2.05, 4.69) is 17.2 Å². The molecule has 1 aliphatic rings. The van der Waals surface area contributed by atoms with E-state index in [9.17, 15) is 14.7 Å². The number of aryl methyl sites for hydroxylation is 1. The molecule has 0 radical (unpaired) electrons. The van der Waals surface area contributed by atoms with Crippen molar-refractivity contribution in [1.29, 1.82) is 0 Å². The monoisotopic (exact) mass is 417 g/mol. The van der Waals surface area contributed by atoms with Gasteiger partial charge in [-0.3, -0.25) is 14.2 Å². The third-order valence-electron chi connectivity index (χ3n) is 5.60. The van der Waals surface area contributed by atoms with Crippen LogP contribution in [0.5, 0.6) is 0 Å². The molecular formula is C22H28ClN3O3. The maximum atomic E-state index is 13.1. The van der Waals surface area contributed by atoms with Gasteiger partial charge in [0, 0.05) is 40.9 Å². The number of rotatable bonds is 6. The summed E-state index contributed by atoms with van der Waals surface area (Å²) in [6.45, 7) is 3.71. The van der Waals surface area contributed by atoms with Gasteiger partial charge in [0.1, 0.15) is 12.4 Å². The van der Waals surface area contributed by atoms with Gasteiger partial charge in [-0.25, -0.2) is 4.98 Å². The highest BCUT2D eigenvalue weighted by Crippen LogP contribution is 2.24. The van der Waals surface area contributed by atoms with E-state index >= 15 is 0 Å². The first kappa shape index (κ1) is 21.5. The van der Waals surface area contributed by atoms with Crippen molar-refractivity contribution in [2.75, 3.05) is 6.61 Å². The molecule has 0 aliphatic heterocycles. The van der Waals surface area contributed by atoms with Gasteiger partial charge >= 0.3 is 0 Å². The number of carbonyl (C=O) groups excluding carboxylic acids is 1. The van der Waals surface area contributed by atoms with Crippen molar-refractivity contribution in [1.82, 2.24) is 14.9 Å². The second-order valence-electron chi connectivity index (χ2n) is 7.90. The molecule has 1 fully saturated rings. The predicted octanol–water partition coefficient (Wildman–Crippen LogP) is 3.10. The molecule has 1 aromatic heterocycles. The number of aliphatic hydroxyl groups is 1. The molecule has 7 heteroatoms. The molecule has 0 unspecified atom stereocenters. The molecule has 3 rings (SSSR count). The molecule has 1 amide bonds. The Kier molecular flexibility index (Phi) is 7.09. The number of hydrogen-bond acceptors (Lipinski definition) is 4. The van der Waals surface area contributed by atoms with Gasteiger partial charge in [-0.2, -0.15) is 0 Å². The zero-order valence-electron chi connectivity index (χ0n) is 16.9. The zero-order valence-corrected chi connectivity index (χ0v) is 17.7. The quantitative estimate of drug-likeness (QED) is 0.756. The van der Waals surface area contributed by atoms with Crippen molar-refractivity contribution in [3.63, 3.8) is 0 Å². The SMILES string of the molecule is Cc1nc(-c2cccc(Cl)c2)n(CC(=O)NC2CCC(C)CC2)c(=O)c1CCO. The van der Waals surface area contributed by atoms with Crippen LogP contribution in [-0.4, -0.2) is 33.2 Å². The van der Waals surface area contributed by atoms with E-state index in [4.69, 9.17) is 11.6 Å². The average molecular weight is 418 g/mol. The highest BCUT2D eigenvalue weighted by molar-refractivity contribution is 6.30. The molecule has 2 aromatic rings. The normalized spacial score (nSPS) is 19.2. The number of carbonyl (C=O) groups is 1. The van der Waals surface area contributed by atoms with Crippen LogP contribution in [0, 0.1) is 12.8 Å². The summed E-state index contributed by atoms with van der Waals surface area (Å²) < 4.78 is 1.39. The summed E-state index contributed by atoms with van der Waals surface area (Å²) >= 11 is 6.13. The van der Waals surface area contributed by atoms with Crippen LogP contribution in [0.4, 0.5) is 0 Å². The van der Waals surface area contributed by atoms with Crippen molar-refractivity contribution < 1.29 is 9.90 Å². The number of aliphatic hydroxyl groups excluding tert-OH is 1. The smallest absolute Gasteiger partial charge is 0.257 e. The van der Waals surface area contributed by atoms with E-state index in [-0.39, 0.29) is 37.1 Å². The Balaban J connectivity index is 1.93. The van der Waals surface area contributed by atoms with Crippen molar-refractivity contribution in [2.24, 2.45) is 5.92 Å². The molecule has 0 spiro atoms. The first-order chi connectivity index (χ1) is 13.9. The Morgan fingerprint density at radius 3 is 2.69 bits per heavy atom. The molecule has 29 heavy (non-hydrogen) atoms. The van der Waals surface area contributed by atoms with Crippen LogP contribution in [0.2, 0.25) is 5.02 Å². The van der Waals surface area contributed by atoms with Crippen molar-refractivity contribution in [3.8, 4) is 11.4 Å². The topological polar surface area (TPSA) is 84.2 Å². The van der Waals surface area contributed by atoms with Gasteiger partial charge in [0.05, 0.1) is 0 Å². The third kappa shape index (κ3) is 5.25. The Hall–Kier alpha value is -2.18. The fourth-order valence-corrected chi connectivity index (χ4v) is 4.11. The predicted molar refractivity (Wildman–Crippen MR) is 114 cm³/mol. The van der Waals surface area contributed by atoms with E-state index < -0.39 is 0 Å². The first-order valence-electron chi connectivity index (χ1n) is 10.2. The average Bonchev–Trinajstić information content (AvgIpc) is 2.69. The van der Waals surface area contributed by atoms with Crippen LogP contribution < -0.4 is 10.9 Å². The van der Waals surface area contributed by atoms with E-state index in [0.717, 1.165) is 25.7 Å². The Morgan fingerprint density at radius 2 is 2.03 bits per heavy atom. The van der Waals surface area contributed by atoms with Gasteiger partial charge in [-0.15, -0.1) is 0 Å². The number of nitrogens with zero attached hydrogens (tertiary/aromatic N) is 2. The minimum Gasteiger partial charge on any atom is -0.396 e. The van der Waals surface area contributed by atoms with Gasteiger partial charge in [0.2, 0.25) is 5.91 Å². The minimum atomic E-state index is -0.297. The van der Waals surface area contributed by atoms with E-state index in [1.165, 1.54) is 4.57 Å². The molecule has 156 valence electrons. The Bertz CT molecular complexity index is 933. The fraction of sp³-hybridized carbons (Fsp3) is 0.500. The number of amides is 1. The molecule has 1 saturated carbocycles. The van der Waals surface area contributed by atoms with Gasteiger partial charge in [0.25, 0.3) is 5.56 Å². The summed E-state index contributed by atoms with van der Waals surface area (Å²) in [6.07, 6.45) is 4.34. The number of aromatic nitrogens is 2. The van der Waals surface area contributed by atoms with Crippen LogP contribution in [0.1, 0.15) is 43.9 Å². The van der Waals surface area contributed by atoms with Gasteiger partial charge in [-0.1, -0.05) is 30.7 Å². The minimum absolute atomic E-state index is 0.113. The summed E-state index contributed by atoms with van der Waals surface area (Å²) in [6, 6.07) is 7.23. The highest BCUT2D eigenvalue weighted by atomic mass is 35.5. The number of nitrogens with one attached hydrogen (secondary N) is 1. The maximum absolute atomic E-state index is 13.1. The number of benzene rings is 1. The van der Waals surface area contributed by atoms with Crippen LogP contribution in [0.25, 0.3) is 11.4 Å². The summed E-state index contributed by atoms with van der Waals surface area (Å²) in [5.41, 5.74) is 1.36. The molecule has 1 aliphatic carbocycles. The lowest BCUT2D eigenvalue weighted by molar-refractivity contribution is -0.122. The molecular weight excluding hydrogens is 390 g/mol. The Labute approximate surface area is 175 Å². The van der Waals surface area contributed by atoms with Crippen molar-refractivity contribution >= 4 is 17.5 Å². The molecule has 1 aromatic carbocycles. The van der Waals surface area contributed by atoms with Crippen molar-refractivity contribution in [3.05, 3.63) is 50.9 Å². The molecule has 0 bridgehead atoms. The largest absolute Gasteiger partial charge is 0.396 e. The summed E-state index contributed by atoms with van der Waals surface area (Å²) in [7, 11) is 0. The summed E-state index contributed by atoms with van der Waals surface area (Å²) in [5, 5.41) is 12.9. The second kappa shape index (κ2) is 9.55. The lowest BCUT2D eigenvalue weighted by Gasteiger charge is -2.27. The van der Waals surface area contributed by atoms with Crippen LogP contribution in [0.3, 0.4) is 0 Å². The maximum Gasteiger partial charge on any atom is 0.257 e. The van der Waals surface area contributed by atoms with Gasteiger partial charge in [0.15, 0.2) is 0 Å². The van der Waals surface area contributed by atoms with Crippen LogP contribution in [-0.2, 0) is 17.8 Å². The molecule has 0 atom stereocenters. The number of halogens is 1. The first-order valence-corrected chi connectivity index (χ1v) is 10.5. The Morgan fingerprint density at radius 1 is 1.31 bits per heavy atom. The van der Waals surface area contributed by atoms with E-state index in [1.807, 2.05) is 6.07 Å². The van der Waals surface area contributed by atoms with Gasteiger partial charge in [-0.05, 0) is 50.7 Å². The lowest BCUT2D eigenvalue weighted by Crippen LogP contribution is -2.41. The standard InChI is InChI=1S/C22H28ClN3O3/c1-14-6-8-18(9-7-14)25-20(28)13-26-21(16-4-3-5-17(23)12-16)24-15(2)19(10-11-27)22(26)29/h3-5,12,14,18,27H,6-11,13H2,1-2H3,(H,25,28). The number of hydrogen-bond donors (Lipinski definition) is 2.